The molecule has 112 valence electrons. The van der Waals surface area contributed by atoms with Crippen molar-refractivity contribution in [2.45, 2.75) is 17.3 Å². The molecule has 1 aromatic heterocycles. The lowest BCUT2D eigenvalue weighted by Gasteiger charge is -2.04. The Kier molecular flexibility index (Phi) is 3.36. The van der Waals surface area contributed by atoms with Crippen LogP contribution in [-0.4, -0.2) is 53.0 Å². The third kappa shape index (κ3) is 2.48. The van der Waals surface area contributed by atoms with Gasteiger partial charge in [0.1, 0.15) is 5.60 Å². The Morgan fingerprint density at radius 1 is 1.62 bits per heavy atom. The molecule has 2 fully saturated rings. The molecule has 0 N–H and O–H groups in total. The zero-order chi connectivity index (χ0) is 15.0. The molecule has 1 amide bonds. The average Bonchev–Trinajstić information content (AvgIpc) is 2.83. The first kappa shape index (κ1) is 13.9. The van der Waals surface area contributed by atoms with Gasteiger partial charge in [0.15, 0.2) is 12.9 Å². The summed E-state index contributed by atoms with van der Waals surface area (Å²) in [6.07, 6.45) is 3.75. The number of rotatable bonds is 5. The Balaban J connectivity index is 1.65. The molecule has 1 saturated carbocycles. The summed E-state index contributed by atoms with van der Waals surface area (Å²) in [6.45, 7) is 0.438. The minimum absolute atomic E-state index is 0.00376. The lowest BCUT2D eigenvalue weighted by Crippen LogP contribution is -2.21. The van der Waals surface area contributed by atoms with Crippen LogP contribution in [0.3, 0.4) is 0 Å². The molecule has 0 aromatic carbocycles. The fraction of sp³-hybridized carbons (Fsp3) is 0.500. The molecule has 0 radical (unpaired) electrons. The minimum Gasteiger partial charge on any atom is -0.438 e. The van der Waals surface area contributed by atoms with Crippen LogP contribution in [0, 0.1) is 4.91 Å². The molecule has 2 atom stereocenters. The van der Waals surface area contributed by atoms with E-state index in [4.69, 9.17) is 9.15 Å². The summed E-state index contributed by atoms with van der Waals surface area (Å²) in [4.78, 5) is 27.6. The van der Waals surface area contributed by atoms with Crippen molar-refractivity contribution in [1.82, 2.24) is 5.01 Å². The number of hydrazone groups is 1. The molecule has 1 unspecified atom stereocenters. The standard InChI is InChI=1S/C12H14N3O5S/c1-18-15(17)10-4-3-8(19-10)6-13-14-7-12(20-11(14)16)5-9(12)21-2/h3-4,6,9H,5,7H2,1-2H3/q+1/b13-6+/t9-,12?/m0/s1. The lowest BCUT2D eigenvalue weighted by atomic mass is 10.3. The summed E-state index contributed by atoms with van der Waals surface area (Å²) in [5, 5.41) is 5.65. The Morgan fingerprint density at radius 2 is 2.43 bits per heavy atom. The number of thioether (sulfide) groups is 1. The molecule has 2 heterocycles. The zero-order valence-electron chi connectivity index (χ0n) is 11.5. The van der Waals surface area contributed by atoms with E-state index in [0.29, 0.717) is 17.6 Å². The maximum atomic E-state index is 11.7. The Bertz CT molecular complexity index is 616. The van der Waals surface area contributed by atoms with Crippen LogP contribution in [0.15, 0.2) is 21.7 Å². The van der Waals surface area contributed by atoms with Gasteiger partial charge in [-0.15, -0.1) is 0 Å². The van der Waals surface area contributed by atoms with Gasteiger partial charge in [0.25, 0.3) is 4.92 Å². The quantitative estimate of drug-likeness (QED) is 0.610. The number of hydrogen-bond acceptors (Lipinski definition) is 7. The van der Waals surface area contributed by atoms with Gasteiger partial charge in [0.2, 0.25) is 0 Å². The molecular formula is C12H14N3O5S+. The number of amides is 1. The van der Waals surface area contributed by atoms with Crippen molar-refractivity contribution in [3.63, 3.8) is 0 Å². The van der Waals surface area contributed by atoms with Gasteiger partial charge < -0.3 is 9.15 Å². The summed E-state index contributed by atoms with van der Waals surface area (Å²) in [6, 6.07) is 3.01. The Morgan fingerprint density at radius 3 is 3.10 bits per heavy atom. The van der Waals surface area contributed by atoms with Gasteiger partial charge in [0.05, 0.1) is 29.0 Å². The smallest absolute Gasteiger partial charge is 0.438 e. The fourth-order valence-corrected chi connectivity index (χ4v) is 3.22. The van der Waals surface area contributed by atoms with Crippen molar-refractivity contribution in [1.29, 1.82) is 0 Å². The molecule has 1 aliphatic heterocycles. The molecule has 21 heavy (non-hydrogen) atoms. The van der Waals surface area contributed by atoms with Crippen LogP contribution < -0.4 is 0 Å². The predicted molar refractivity (Wildman–Crippen MR) is 74.4 cm³/mol. The van der Waals surface area contributed by atoms with E-state index in [1.807, 2.05) is 6.26 Å². The molecule has 1 saturated heterocycles. The highest BCUT2D eigenvalue weighted by atomic mass is 32.2. The molecule has 3 rings (SSSR count). The highest BCUT2D eigenvalue weighted by molar-refractivity contribution is 7.99. The number of hydrogen-bond donors (Lipinski definition) is 0. The van der Waals surface area contributed by atoms with Crippen molar-refractivity contribution >= 4 is 30.0 Å². The lowest BCUT2D eigenvalue weighted by molar-refractivity contribution is -0.744. The van der Waals surface area contributed by atoms with Gasteiger partial charge in [-0.25, -0.2) is 9.63 Å². The molecule has 2 aliphatic rings. The van der Waals surface area contributed by atoms with Crippen LogP contribution in [0.4, 0.5) is 10.7 Å². The van der Waals surface area contributed by atoms with Gasteiger partial charge in [-0.1, -0.05) is 0 Å². The van der Waals surface area contributed by atoms with Crippen LogP contribution >= 0.6 is 11.8 Å². The van der Waals surface area contributed by atoms with Crippen molar-refractivity contribution in [3.05, 3.63) is 22.8 Å². The second kappa shape index (κ2) is 5.06. The fourth-order valence-electron chi connectivity index (χ4n) is 2.22. The Hall–Kier alpha value is -2.03. The first-order valence-electron chi connectivity index (χ1n) is 6.26. The Labute approximate surface area is 124 Å². The van der Waals surface area contributed by atoms with Gasteiger partial charge >= 0.3 is 12.0 Å². The summed E-state index contributed by atoms with van der Waals surface area (Å²) in [5.74, 6) is 0.345. The average molecular weight is 312 g/mol. The van der Waals surface area contributed by atoms with Crippen LogP contribution in [0.5, 0.6) is 0 Å². The molecular weight excluding hydrogens is 298 g/mol. The van der Waals surface area contributed by atoms with Gasteiger partial charge in [-0.05, 0) is 12.3 Å². The predicted octanol–water partition coefficient (Wildman–Crippen LogP) is 1.91. The van der Waals surface area contributed by atoms with Gasteiger partial charge in [-0.2, -0.15) is 21.9 Å². The molecule has 0 bridgehead atoms. The molecule has 1 aromatic rings. The van der Waals surface area contributed by atoms with Crippen molar-refractivity contribution in [3.8, 4) is 0 Å². The summed E-state index contributed by atoms with van der Waals surface area (Å²) in [7, 11) is 1.24. The molecule has 8 nitrogen and oxygen atoms in total. The third-order valence-electron chi connectivity index (χ3n) is 3.44. The number of nitrogens with zero attached hydrogens (tertiary/aromatic N) is 3. The van der Waals surface area contributed by atoms with Gasteiger partial charge in [-0.3, -0.25) is 0 Å². The maximum Gasteiger partial charge on any atom is 0.480 e. The van der Waals surface area contributed by atoms with Crippen LogP contribution in [0.25, 0.3) is 0 Å². The topological polar surface area (TPSA) is 84.4 Å². The maximum absolute atomic E-state index is 11.7. The van der Waals surface area contributed by atoms with Crippen molar-refractivity contribution in [2.24, 2.45) is 5.10 Å². The second-order valence-electron chi connectivity index (χ2n) is 4.78. The van der Waals surface area contributed by atoms with Crippen LogP contribution in [-0.2, 0) is 9.57 Å². The molecule has 1 aliphatic carbocycles. The van der Waals surface area contributed by atoms with E-state index in [2.05, 4.69) is 9.94 Å². The number of carbonyl (C=O) groups is 1. The highest BCUT2D eigenvalue weighted by Gasteiger charge is 2.63. The van der Waals surface area contributed by atoms with E-state index < -0.39 is 6.09 Å². The van der Waals surface area contributed by atoms with Crippen molar-refractivity contribution in [2.75, 3.05) is 19.9 Å². The van der Waals surface area contributed by atoms with Crippen LogP contribution in [0.2, 0.25) is 0 Å². The van der Waals surface area contributed by atoms with E-state index in [9.17, 15) is 9.70 Å². The molecule has 9 heteroatoms. The number of ether oxygens (including phenoxy) is 1. The monoisotopic (exact) mass is 312 g/mol. The SMILES string of the molecule is CO[N+](=O)c1ccc(/C=N/N2CC3(C[C@@H]3SC)OC2=O)o1. The first-order valence-corrected chi connectivity index (χ1v) is 7.55. The third-order valence-corrected chi connectivity index (χ3v) is 4.61. The summed E-state index contributed by atoms with van der Waals surface area (Å²) in [5.41, 5.74) is -0.385. The largest absolute Gasteiger partial charge is 0.480 e. The normalized spacial score (nSPS) is 27.4. The minimum atomic E-state index is -0.461. The summed E-state index contributed by atoms with van der Waals surface area (Å²) >= 11 is 1.69. The van der Waals surface area contributed by atoms with E-state index in [1.54, 1.807) is 17.8 Å². The highest BCUT2D eigenvalue weighted by Crippen LogP contribution is 2.51. The number of furan rings is 1. The van der Waals surface area contributed by atoms with Crippen LogP contribution in [0.1, 0.15) is 12.2 Å². The van der Waals surface area contributed by atoms with E-state index in [-0.39, 0.29) is 16.4 Å². The second-order valence-corrected chi connectivity index (χ2v) is 5.82. The van der Waals surface area contributed by atoms with E-state index >= 15 is 0 Å². The number of carbonyl (C=O) groups excluding carboxylic acids is 1. The van der Waals surface area contributed by atoms with Gasteiger partial charge in [0, 0.05) is 6.42 Å². The van der Waals surface area contributed by atoms with E-state index in [0.717, 1.165) is 6.42 Å². The summed E-state index contributed by atoms with van der Waals surface area (Å²) < 4.78 is 10.6. The zero-order valence-corrected chi connectivity index (χ0v) is 12.3. The first-order chi connectivity index (χ1) is 10.1. The van der Waals surface area contributed by atoms with E-state index in [1.165, 1.54) is 24.4 Å². The van der Waals surface area contributed by atoms with Crippen molar-refractivity contribution < 1.29 is 23.7 Å². The molecule has 1 spiro atoms.